The number of hydrogen-bond acceptors (Lipinski definition) is 6. The predicted molar refractivity (Wildman–Crippen MR) is 103 cm³/mol. The van der Waals surface area contributed by atoms with Crippen LogP contribution in [-0.4, -0.2) is 46.0 Å². The van der Waals surface area contributed by atoms with Gasteiger partial charge in [0.05, 0.1) is 18.3 Å². The van der Waals surface area contributed by atoms with Crippen LogP contribution in [0, 0.1) is 12.7 Å². The van der Waals surface area contributed by atoms with Crippen LogP contribution in [0.5, 0.6) is 5.75 Å². The summed E-state index contributed by atoms with van der Waals surface area (Å²) in [6, 6.07) is 5.36. The molecule has 7 nitrogen and oxygen atoms in total. The number of fused-ring (bicyclic) bond motifs is 1. The van der Waals surface area contributed by atoms with Gasteiger partial charge in [-0.1, -0.05) is 0 Å². The lowest BCUT2D eigenvalue weighted by atomic mass is 10.1. The molecule has 2 aromatic heterocycles. The maximum atomic E-state index is 14.0. The van der Waals surface area contributed by atoms with Crippen LogP contribution in [0.4, 0.5) is 16.0 Å². The van der Waals surface area contributed by atoms with E-state index < -0.39 is 5.82 Å². The molecule has 27 heavy (non-hydrogen) atoms. The molecule has 1 aromatic carbocycles. The number of benzene rings is 1. The largest absolute Gasteiger partial charge is 0.494 e. The van der Waals surface area contributed by atoms with E-state index in [1.165, 1.54) is 19.5 Å². The van der Waals surface area contributed by atoms with Gasteiger partial charge in [0.15, 0.2) is 11.6 Å². The number of nitrogens with one attached hydrogen (secondary N) is 1. The molecule has 8 heteroatoms. The molecule has 0 bridgehead atoms. The molecule has 1 N–H and O–H groups in total. The number of piperidine rings is 1. The molecule has 3 aromatic rings. The third kappa shape index (κ3) is 3.39. The lowest BCUT2D eigenvalue weighted by molar-refractivity contribution is 0.387. The molecule has 0 aliphatic carbocycles. The van der Waals surface area contributed by atoms with Gasteiger partial charge in [0, 0.05) is 43.7 Å². The average molecular weight is 370 g/mol. The van der Waals surface area contributed by atoms with E-state index in [-0.39, 0.29) is 11.8 Å². The Labute approximate surface area is 157 Å². The van der Waals surface area contributed by atoms with Gasteiger partial charge in [-0.15, -0.1) is 0 Å². The van der Waals surface area contributed by atoms with Crippen LogP contribution in [-0.2, 0) is 7.05 Å². The second-order valence-electron chi connectivity index (χ2n) is 6.92. The topological polar surface area (TPSA) is 68.1 Å². The van der Waals surface area contributed by atoms with Gasteiger partial charge in [0.1, 0.15) is 18.0 Å². The highest BCUT2D eigenvalue weighted by atomic mass is 19.1. The van der Waals surface area contributed by atoms with E-state index in [1.54, 1.807) is 6.07 Å². The number of methoxy groups -OCH3 is 1. The maximum Gasteiger partial charge on any atom is 0.167 e. The number of halogens is 1. The third-order valence-corrected chi connectivity index (χ3v) is 4.97. The Kier molecular flexibility index (Phi) is 4.55. The van der Waals surface area contributed by atoms with Gasteiger partial charge in [-0.3, -0.25) is 4.68 Å². The van der Waals surface area contributed by atoms with Crippen molar-refractivity contribution in [2.75, 3.05) is 30.4 Å². The molecule has 1 unspecified atom stereocenters. The van der Waals surface area contributed by atoms with E-state index in [0.717, 1.165) is 42.8 Å². The van der Waals surface area contributed by atoms with Crippen molar-refractivity contribution in [1.29, 1.82) is 0 Å². The molecule has 1 atom stereocenters. The maximum absolute atomic E-state index is 14.0. The van der Waals surface area contributed by atoms with Crippen molar-refractivity contribution in [2.45, 2.75) is 25.8 Å². The van der Waals surface area contributed by atoms with Crippen molar-refractivity contribution in [3.63, 3.8) is 0 Å². The summed E-state index contributed by atoms with van der Waals surface area (Å²) >= 11 is 0. The minimum Gasteiger partial charge on any atom is -0.494 e. The molecule has 0 radical (unpaired) electrons. The molecule has 1 aliphatic heterocycles. The standard InChI is InChI=1S/C19H23FN6O/c1-12-7-18(25(2)24-12)26-6-4-5-13(10-26)23-19-14-8-17(27-3)15(20)9-16(14)21-11-22-19/h7-9,11,13H,4-6,10H2,1-3H3,(H,21,22,23). The van der Waals surface area contributed by atoms with Crippen molar-refractivity contribution in [3.05, 3.63) is 36.0 Å². The summed E-state index contributed by atoms with van der Waals surface area (Å²) in [6.45, 7) is 3.85. The highest BCUT2D eigenvalue weighted by molar-refractivity contribution is 5.90. The van der Waals surface area contributed by atoms with Crippen LogP contribution < -0.4 is 15.0 Å². The first-order valence-electron chi connectivity index (χ1n) is 9.05. The highest BCUT2D eigenvalue weighted by Gasteiger charge is 2.23. The fourth-order valence-electron chi connectivity index (χ4n) is 3.72. The average Bonchev–Trinajstić information content (AvgIpc) is 3.00. The molecule has 0 saturated carbocycles. The van der Waals surface area contributed by atoms with Crippen molar-refractivity contribution < 1.29 is 9.13 Å². The summed E-state index contributed by atoms with van der Waals surface area (Å²) in [4.78, 5) is 10.9. The van der Waals surface area contributed by atoms with Crippen LogP contribution in [0.15, 0.2) is 24.5 Å². The molecule has 142 valence electrons. The second-order valence-corrected chi connectivity index (χ2v) is 6.92. The van der Waals surface area contributed by atoms with Gasteiger partial charge in [0.25, 0.3) is 0 Å². The number of aryl methyl sites for hydroxylation is 2. The number of ether oxygens (including phenoxy) is 1. The fourth-order valence-corrected chi connectivity index (χ4v) is 3.72. The van der Waals surface area contributed by atoms with E-state index in [9.17, 15) is 4.39 Å². The zero-order valence-electron chi connectivity index (χ0n) is 15.7. The normalized spacial score (nSPS) is 17.3. The van der Waals surface area contributed by atoms with E-state index in [4.69, 9.17) is 4.74 Å². The monoisotopic (exact) mass is 370 g/mol. The van der Waals surface area contributed by atoms with Gasteiger partial charge < -0.3 is 15.0 Å². The van der Waals surface area contributed by atoms with E-state index >= 15 is 0 Å². The van der Waals surface area contributed by atoms with Crippen molar-refractivity contribution >= 4 is 22.5 Å². The van der Waals surface area contributed by atoms with Crippen LogP contribution in [0.3, 0.4) is 0 Å². The summed E-state index contributed by atoms with van der Waals surface area (Å²) in [6.07, 6.45) is 3.57. The Balaban J connectivity index is 1.59. The first-order chi connectivity index (χ1) is 13.0. The van der Waals surface area contributed by atoms with Crippen LogP contribution >= 0.6 is 0 Å². The van der Waals surface area contributed by atoms with Crippen LogP contribution in [0.25, 0.3) is 10.9 Å². The molecule has 0 spiro atoms. The SMILES string of the molecule is COc1cc2c(NC3CCCN(c4cc(C)nn4C)C3)ncnc2cc1F. The minimum absolute atomic E-state index is 0.191. The van der Waals surface area contributed by atoms with Crippen molar-refractivity contribution in [1.82, 2.24) is 19.7 Å². The van der Waals surface area contributed by atoms with Crippen molar-refractivity contribution in [3.8, 4) is 5.75 Å². The zero-order valence-corrected chi connectivity index (χ0v) is 15.7. The number of nitrogens with zero attached hydrogens (tertiary/aromatic N) is 5. The smallest absolute Gasteiger partial charge is 0.167 e. The Bertz CT molecular complexity index is 972. The minimum atomic E-state index is -0.426. The van der Waals surface area contributed by atoms with Crippen molar-refractivity contribution in [2.24, 2.45) is 7.05 Å². The first-order valence-corrected chi connectivity index (χ1v) is 9.05. The molecule has 1 fully saturated rings. The Morgan fingerprint density at radius 1 is 1.26 bits per heavy atom. The lowest BCUT2D eigenvalue weighted by Gasteiger charge is -2.34. The van der Waals surface area contributed by atoms with Gasteiger partial charge in [-0.2, -0.15) is 5.10 Å². The molecule has 0 amide bonds. The lowest BCUT2D eigenvalue weighted by Crippen LogP contribution is -2.43. The van der Waals surface area contributed by atoms with Gasteiger partial charge in [-0.25, -0.2) is 14.4 Å². The summed E-state index contributed by atoms with van der Waals surface area (Å²) in [5.41, 5.74) is 1.57. The predicted octanol–water partition coefficient (Wildman–Crippen LogP) is 2.90. The van der Waals surface area contributed by atoms with Crippen LogP contribution in [0.2, 0.25) is 0 Å². The van der Waals surface area contributed by atoms with E-state index in [1.807, 2.05) is 18.7 Å². The Morgan fingerprint density at radius 3 is 2.85 bits per heavy atom. The third-order valence-electron chi connectivity index (χ3n) is 4.97. The molecule has 1 saturated heterocycles. The summed E-state index contributed by atoms with van der Waals surface area (Å²) < 4.78 is 21.0. The summed E-state index contributed by atoms with van der Waals surface area (Å²) in [7, 11) is 3.42. The molecular weight excluding hydrogens is 347 g/mol. The van der Waals surface area contributed by atoms with E-state index in [2.05, 4.69) is 31.3 Å². The first kappa shape index (κ1) is 17.5. The van der Waals surface area contributed by atoms with Gasteiger partial charge in [-0.05, 0) is 25.8 Å². The molecular formula is C19H23FN6O. The van der Waals surface area contributed by atoms with Gasteiger partial charge in [0.2, 0.25) is 0 Å². The zero-order chi connectivity index (χ0) is 19.0. The molecule has 1 aliphatic rings. The Morgan fingerprint density at radius 2 is 2.11 bits per heavy atom. The number of anilines is 2. The van der Waals surface area contributed by atoms with E-state index in [0.29, 0.717) is 11.3 Å². The summed E-state index contributed by atoms with van der Waals surface area (Å²) in [5, 5.41) is 8.72. The summed E-state index contributed by atoms with van der Waals surface area (Å²) in [5.74, 6) is 1.59. The molecule has 3 heterocycles. The molecule has 4 rings (SSSR count). The number of aromatic nitrogens is 4. The second kappa shape index (κ2) is 7.02. The quantitative estimate of drug-likeness (QED) is 0.762. The number of rotatable bonds is 4. The highest BCUT2D eigenvalue weighted by Crippen LogP contribution is 2.29. The van der Waals surface area contributed by atoms with Crippen LogP contribution in [0.1, 0.15) is 18.5 Å². The van der Waals surface area contributed by atoms with Gasteiger partial charge >= 0.3 is 0 Å². The fraction of sp³-hybridized carbons (Fsp3) is 0.421. The Hall–Kier alpha value is -2.90. The number of hydrogen-bond donors (Lipinski definition) is 1.